The Bertz CT molecular complexity index is 1420. The molecule has 2 N–H and O–H groups in total. The van der Waals surface area contributed by atoms with Crippen LogP contribution in [0.3, 0.4) is 0 Å². The van der Waals surface area contributed by atoms with Gasteiger partial charge in [0.25, 0.3) is 0 Å². The minimum absolute atomic E-state index is 0.114. The van der Waals surface area contributed by atoms with Gasteiger partial charge in [-0.1, -0.05) is 42.5 Å². The van der Waals surface area contributed by atoms with Crippen LogP contribution in [0.1, 0.15) is 22.7 Å². The highest BCUT2D eigenvalue weighted by Gasteiger charge is 2.22. The van der Waals surface area contributed by atoms with Gasteiger partial charge in [0.1, 0.15) is 11.6 Å². The van der Waals surface area contributed by atoms with Crippen LogP contribution in [0.4, 0.5) is 8.78 Å². The summed E-state index contributed by atoms with van der Waals surface area (Å²) in [5.41, 5.74) is 11.3. The number of fused-ring (bicyclic) bond motifs is 3. The first kappa shape index (κ1) is 19.8. The lowest BCUT2D eigenvalue weighted by atomic mass is 9.97. The van der Waals surface area contributed by atoms with Gasteiger partial charge in [0.15, 0.2) is 5.84 Å². The number of nitrogens with one attached hydrogen (secondary N) is 2. The van der Waals surface area contributed by atoms with Crippen LogP contribution in [-0.2, 0) is 0 Å². The van der Waals surface area contributed by atoms with Crippen molar-refractivity contribution in [3.05, 3.63) is 119 Å². The Kier molecular flexibility index (Phi) is 4.82. The van der Waals surface area contributed by atoms with Crippen molar-refractivity contribution in [3.8, 4) is 0 Å². The number of amidine groups is 1. The molecule has 0 atom stereocenters. The molecule has 4 nitrogen and oxygen atoms in total. The average Bonchev–Trinajstić information content (AvgIpc) is 3.15. The summed E-state index contributed by atoms with van der Waals surface area (Å²) in [6.45, 7) is 0. The first-order valence-corrected chi connectivity index (χ1v) is 10.1. The molecule has 0 aliphatic heterocycles. The van der Waals surface area contributed by atoms with Crippen LogP contribution in [0.5, 0.6) is 0 Å². The molecule has 0 bridgehead atoms. The van der Waals surface area contributed by atoms with E-state index in [0.717, 1.165) is 32.9 Å². The fourth-order valence-corrected chi connectivity index (χ4v) is 4.27. The average molecular weight is 424 g/mol. The normalized spacial score (nSPS) is 11.3. The molecule has 0 aliphatic carbocycles. The van der Waals surface area contributed by atoms with Crippen LogP contribution in [0.15, 0.2) is 96.1 Å². The zero-order valence-electron chi connectivity index (χ0n) is 16.9. The van der Waals surface area contributed by atoms with E-state index in [4.69, 9.17) is 10.9 Å². The second-order valence-corrected chi connectivity index (χ2v) is 7.59. The van der Waals surface area contributed by atoms with Gasteiger partial charge >= 0.3 is 0 Å². The molecule has 0 amide bonds. The van der Waals surface area contributed by atoms with Gasteiger partial charge in [0.2, 0.25) is 0 Å². The van der Waals surface area contributed by atoms with Crippen molar-refractivity contribution in [2.45, 2.75) is 6.04 Å². The van der Waals surface area contributed by atoms with Gasteiger partial charge in [0, 0.05) is 21.9 Å². The summed E-state index contributed by atoms with van der Waals surface area (Å²) in [6.07, 6.45) is 0. The Hall–Kier alpha value is -4.19. The van der Waals surface area contributed by atoms with Crippen molar-refractivity contribution in [2.24, 2.45) is 5.11 Å². The third-order valence-electron chi connectivity index (χ3n) is 5.72. The van der Waals surface area contributed by atoms with Crippen LogP contribution in [0, 0.1) is 22.6 Å². The number of para-hydroxylation sites is 1. The van der Waals surface area contributed by atoms with E-state index in [1.807, 2.05) is 36.4 Å². The van der Waals surface area contributed by atoms with Gasteiger partial charge in [-0.05, 0) is 59.7 Å². The molecular formula is C26H18F2N4. The number of benzene rings is 4. The van der Waals surface area contributed by atoms with Crippen LogP contribution in [0.2, 0.25) is 0 Å². The lowest BCUT2D eigenvalue weighted by molar-refractivity contribution is 0.622. The zero-order valence-corrected chi connectivity index (χ0v) is 16.9. The first-order valence-electron chi connectivity index (χ1n) is 10.1. The number of hydrogen-bond donors (Lipinski definition) is 2. The summed E-state index contributed by atoms with van der Waals surface area (Å²) in [5.74, 6) is -0.760. The van der Waals surface area contributed by atoms with E-state index < -0.39 is 0 Å². The molecule has 32 heavy (non-hydrogen) atoms. The summed E-state index contributed by atoms with van der Waals surface area (Å²) in [7, 11) is 0. The lowest BCUT2D eigenvalue weighted by Crippen LogP contribution is -2.12. The minimum Gasteiger partial charge on any atom is -0.329 e. The minimum atomic E-state index is -0.329. The van der Waals surface area contributed by atoms with Gasteiger partial charge < -0.3 is 4.57 Å². The highest BCUT2D eigenvalue weighted by atomic mass is 19.1. The van der Waals surface area contributed by atoms with Crippen molar-refractivity contribution in [1.82, 2.24) is 4.57 Å². The predicted octanol–water partition coefficient (Wildman–Crippen LogP) is 7.07. The molecule has 0 aliphatic rings. The third-order valence-corrected chi connectivity index (χ3v) is 5.72. The third kappa shape index (κ3) is 3.26. The second kappa shape index (κ2) is 7.81. The maximum atomic E-state index is 13.7. The fraction of sp³-hybridized carbons (Fsp3) is 0.0385. The molecular weight excluding hydrogens is 406 g/mol. The first-order chi connectivity index (χ1) is 15.6. The summed E-state index contributed by atoms with van der Waals surface area (Å²) in [4.78, 5) is 0. The Morgan fingerprint density at radius 1 is 0.719 bits per heavy atom. The topological polar surface area (TPSA) is 65.0 Å². The van der Waals surface area contributed by atoms with E-state index in [-0.39, 0.29) is 23.5 Å². The lowest BCUT2D eigenvalue weighted by Gasteiger charge is -2.23. The van der Waals surface area contributed by atoms with Gasteiger partial charge in [-0.3, -0.25) is 5.41 Å². The van der Waals surface area contributed by atoms with Crippen LogP contribution in [0.25, 0.3) is 21.8 Å². The van der Waals surface area contributed by atoms with Crippen molar-refractivity contribution in [2.75, 3.05) is 0 Å². The summed E-state index contributed by atoms with van der Waals surface area (Å²) >= 11 is 0. The number of hydrogen-bond acceptors (Lipinski definition) is 2. The number of halogens is 2. The van der Waals surface area contributed by atoms with Crippen LogP contribution in [-0.4, -0.2) is 10.4 Å². The van der Waals surface area contributed by atoms with Gasteiger partial charge in [-0.15, -0.1) is 5.11 Å². The SMILES string of the molecule is N=NC(=N)c1ccc2c(c1)c1ccccc1n2C(c1ccc(F)cc1)c1ccc(F)cc1. The molecule has 6 heteroatoms. The van der Waals surface area contributed by atoms with Gasteiger partial charge in [0.05, 0.1) is 11.6 Å². The molecule has 0 saturated carbocycles. The van der Waals surface area contributed by atoms with E-state index in [0.29, 0.717) is 5.56 Å². The molecule has 0 fully saturated rings. The summed E-state index contributed by atoms with van der Waals surface area (Å²) in [6, 6.07) is 25.8. The molecule has 1 heterocycles. The second-order valence-electron chi connectivity index (χ2n) is 7.59. The Morgan fingerprint density at radius 3 is 1.88 bits per heavy atom. The number of rotatable bonds is 4. The molecule has 0 radical (unpaired) electrons. The monoisotopic (exact) mass is 424 g/mol. The molecule has 0 unspecified atom stereocenters. The van der Waals surface area contributed by atoms with E-state index >= 15 is 0 Å². The molecule has 5 aromatic rings. The van der Waals surface area contributed by atoms with Crippen LogP contribution < -0.4 is 0 Å². The smallest absolute Gasteiger partial charge is 0.173 e. The van der Waals surface area contributed by atoms with E-state index in [2.05, 4.69) is 9.68 Å². The quantitative estimate of drug-likeness (QED) is 0.176. The van der Waals surface area contributed by atoms with E-state index in [1.54, 1.807) is 30.3 Å². The Labute approximate surface area is 182 Å². The maximum absolute atomic E-state index is 13.7. The highest BCUT2D eigenvalue weighted by Crippen LogP contribution is 2.38. The molecule has 1 aromatic heterocycles. The Morgan fingerprint density at radius 2 is 1.28 bits per heavy atom. The number of nitrogens with zero attached hydrogens (tertiary/aromatic N) is 2. The van der Waals surface area contributed by atoms with E-state index in [9.17, 15) is 8.78 Å². The van der Waals surface area contributed by atoms with Crippen LogP contribution >= 0.6 is 0 Å². The standard InChI is InChI=1S/C26H18F2N4/c27-19-10-5-16(6-11-19)25(17-7-12-20(28)13-8-17)32-23-4-2-1-3-21(23)22-15-18(26(29)31-30)9-14-24(22)32/h1-15,25,29-30H. The number of aromatic nitrogens is 1. The molecule has 0 spiro atoms. The molecule has 0 saturated heterocycles. The zero-order chi connectivity index (χ0) is 22.2. The van der Waals surface area contributed by atoms with Crippen molar-refractivity contribution in [3.63, 3.8) is 0 Å². The maximum Gasteiger partial charge on any atom is 0.173 e. The molecule has 4 aromatic carbocycles. The Balaban J connectivity index is 1.85. The summed E-state index contributed by atoms with van der Waals surface area (Å²) < 4.78 is 29.6. The van der Waals surface area contributed by atoms with Crippen molar-refractivity contribution < 1.29 is 8.78 Å². The largest absolute Gasteiger partial charge is 0.329 e. The van der Waals surface area contributed by atoms with Gasteiger partial charge in [-0.25, -0.2) is 14.3 Å². The molecule has 156 valence electrons. The van der Waals surface area contributed by atoms with Crippen molar-refractivity contribution >= 4 is 27.6 Å². The molecule has 5 rings (SSSR count). The summed E-state index contributed by atoms with van der Waals surface area (Å²) in [5, 5.41) is 13.1. The van der Waals surface area contributed by atoms with Gasteiger partial charge in [-0.2, -0.15) is 0 Å². The fourth-order valence-electron chi connectivity index (χ4n) is 4.27. The van der Waals surface area contributed by atoms with Crippen molar-refractivity contribution in [1.29, 1.82) is 10.9 Å². The highest BCUT2D eigenvalue weighted by molar-refractivity contribution is 6.11. The predicted molar refractivity (Wildman–Crippen MR) is 121 cm³/mol. The van der Waals surface area contributed by atoms with E-state index in [1.165, 1.54) is 24.3 Å².